The van der Waals surface area contributed by atoms with E-state index in [0.29, 0.717) is 6.54 Å². The van der Waals surface area contributed by atoms with E-state index < -0.39 is 6.09 Å². The first kappa shape index (κ1) is 18.9. The van der Waals surface area contributed by atoms with E-state index in [4.69, 9.17) is 4.74 Å². The summed E-state index contributed by atoms with van der Waals surface area (Å²) >= 11 is 0. The number of rotatable bonds is 5. The van der Waals surface area contributed by atoms with Crippen LogP contribution in [0, 0.1) is 0 Å². The number of likely N-dealkylation sites (N-methyl/N-ethyl adjacent to an activating group) is 1. The van der Waals surface area contributed by atoms with Gasteiger partial charge < -0.3 is 19.9 Å². The molecule has 6 nitrogen and oxygen atoms in total. The van der Waals surface area contributed by atoms with Crippen molar-refractivity contribution in [2.24, 2.45) is 0 Å². The van der Waals surface area contributed by atoms with Gasteiger partial charge in [-0.05, 0) is 18.2 Å². The van der Waals surface area contributed by atoms with Crippen molar-refractivity contribution >= 4 is 12.0 Å². The second-order valence-electron chi connectivity index (χ2n) is 6.69. The lowest BCUT2D eigenvalue weighted by Gasteiger charge is -2.40. The molecular weight excluding hydrogens is 342 g/mol. The number of hydrogen-bond acceptors (Lipinski definition) is 4. The number of benzene rings is 2. The first-order valence-electron chi connectivity index (χ1n) is 9.11. The minimum Gasteiger partial charge on any atom is -0.445 e. The number of nitrogens with zero attached hydrogens (tertiary/aromatic N) is 2. The average molecular weight is 367 g/mol. The lowest BCUT2D eigenvalue weighted by atomic mass is 10.0. The molecule has 0 aliphatic carbocycles. The number of carbonyl (C=O) groups is 2. The Labute approximate surface area is 159 Å². The number of ether oxygens (including phenoxy) is 1. The van der Waals surface area contributed by atoms with E-state index >= 15 is 0 Å². The Morgan fingerprint density at radius 2 is 1.70 bits per heavy atom. The van der Waals surface area contributed by atoms with E-state index in [1.807, 2.05) is 65.6 Å². The summed E-state index contributed by atoms with van der Waals surface area (Å²) in [5.41, 5.74) is 2.01. The van der Waals surface area contributed by atoms with Crippen molar-refractivity contribution < 1.29 is 14.3 Å². The molecule has 0 radical (unpaired) electrons. The van der Waals surface area contributed by atoms with E-state index in [9.17, 15) is 9.59 Å². The van der Waals surface area contributed by atoms with Crippen LogP contribution >= 0.6 is 0 Å². The largest absolute Gasteiger partial charge is 0.445 e. The monoisotopic (exact) mass is 367 g/mol. The Kier molecular flexibility index (Phi) is 6.44. The molecule has 0 aromatic heterocycles. The highest BCUT2D eigenvalue weighted by Crippen LogP contribution is 2.24. The summed E-state index contributed by atoms with van der Waals surface area (Å²) in [6.07, 6.45) is -0.586. The van der Waals surface area contributed by atoms with Crippen LogP contribution in [0.5, 0.6) is 0 Å². The zero-order valence-electron chi connectivity index (χ0n) is 15.5. The smallest absolute Gasteiger partial charge is 0.407 e. The Hall–Kier alpha value is -2.86. The predicted octanol–water partition coefficient (Wildman–Crippen LogP) is 2.43. The molecule has 1 aliphatic heterocycles. The van der Waals surface area contributed by atoms with Gasteiger partial charge in [0.1, 0.15) is 13.2 Å². The number of nitrogens with one attached hydrogen (secondary N) is 1. The van der Waals surface area contributed by atoms with Crippen LogP contribution in [0.3, 0.4) is 0 Å². The average Bonchev–Trinajstić information content (AvgIpc) is 2.72. The summed E-state index contributed by atoms with van der Waals surface area (Å²) in [4.78, 5) is 28.7. The number of alkyl carbamates (subject to hydrolysis) is 1. The van der Waals surface area contributed by atoms with E-state index in [-0.39, 0.29) is 25.1 Å². The van der Waals surface area contributed by atoms with Crippen LogP contribution in [0.25, 0.3) is 0 Å². The topological polar surface area (TPSA) is 61.9 Å². The molecule has 2 amide bonds. The van der Waals surface area contributed by atoms with E-state index in [1.165, 1.54) is 0 Å². The summed E-state index contributed by atoms with van der Waals surface area (Å²) in [5.74, 6) is -0.103. The zero-order chi connectivity index (χ0) is 19.1. The van der Waals surface area contributed by atoms with Crippen LogP contribution in [0.2, 0.25) is 0 Å². The number of amides is 2. The molecule has 27 heavy (non-hydrogen) atoms. The summed E-state index contributed by atoms with van der Waals surface area (Å²) in [6, 6.07) is 19.4. The fraction of sp³-hybridized carbons (Fsp3) is 0.333. The molecule has 6 heteroatoms. The fourth-order valence-corrected chi connectivity index (χ4v) is 3.20. The minimum atomic E-state index is -0.586. The van der Waals surface area contributed by atoms with Crippen molar-refractivity contribution in [1.29, 1.82) is 0 Å². The Morgan fingerprint density at radius 1 is 1.04 bits per heavy atom. The molecule has 1 unspecified atom stereocenters. The van der Waals surface area contributed by atoms with Crippen LogP contribution in [0.4, 0.5) is 4.79 Å². The molecule has 1 atom stereocenters. The summed E-state index contributed by atoms with van der Waals surface area (Å²) in [7, 11) is 2.05. The maximum atomic E-state index is 12.7. The van der Waals surface area contributed by atoms with Gasteiger partial charge >= 0.3 is 6.09 Å². The Bertz CT molecular complexity index is 752. The molecule has 0 bridgehead atoms. The molecule has 1 fully saturated rings. The van der Waals surface area contributed by atoms with Crippen molar-refractivity contribution in [2.45, 2.75) is 12.6 Å². The molecule has 142 valence electrons. The van der Waals surface area contributed by atoms with Crippen LogP contribution in [-0.2, 0) is 16.1 Å². The fourth-order valence-electron chi connectivity index (χ4n) is 3.20. The maximum absolute atomic E-state index is 12.7. The second kappa shape index (κ2) is 9.19. The predicted molar refractivity (Wildman–Crippen MR) is 103 cm³/mol. The molecule has 0 spiro atoms. The zero-order valence-corrected chi connectivity index (χ0v) is 15.5. The van der Waals surface area contributed by atoms with Crippen LogP contribution in [-0.4, -0.2) is 55.0 Å². The van der Waals surface area contributed by atoms with Crippen molar-refractivity contribution in [2.75, 3.05) is 33.2 Å². The van der Waals surface area contributed by atoms with Gasteiger partial charge in [-0.2, -0.15) is 0 Å². The van der Waals surface area contributed by atoms with Crippen molar-refractivity contribution in [3.63, 3.8) is 0 Å². The second-order valence-corrected chi connectivity index (χ2v) is 6.69. The van der Waals surface area contributed by atoms with Gasteiger partial charge in [0.25, 0.3) is 0 Å². The van der Waals surface area contributed by atoms with Gasteiger partial charge in [0.05, 0.1) is 6.04 Å². The van der Waals surface area contributed by atoms with Crippen molar-refractivity contribution in [3.05, 3.63) is 71.8 Å². The molecule has 1 aliphatic rings. The molecule has 1 saturated heterocycles. The molecule has 2 aromatic carbocycles. The number of hydrogen-bond donors (Lipinski definition) is 1. The van der Waals surface area contributed by atoms with E-state index in [0.717, 1.165) is 24.2 Å². The Balaban J connectivity index is 1.53. The first-order valence-corrected chi connectivity index (χ1v) is 9.11. The lowest BCUT2D eigenvalue weighted by Crippen LogP contribution is -2.51. The molecule has 1 heterocycles. The Morgan fingerprint density at radius 3 is 2.41 bits per heavy atom. The third-order valence-corrected chi connectivity index (χ3v) is 4.68. The van der Waals surface area contributed by atoms with Gasteiger partial charge in [0, 0.05) is 19.6 Å². The maximum Gasteiger partial charge on any atom is 0.407 e. The van der Waals surface area contributed by atoms with Gasteiger partial charge in [-0.1, -0.05) is 60.7 Å². The van der Waals surface area contributed by atoms with Gasteiger partial charge in [-0.25, -0.2) is 4.79 Å². The summed E-state index contributed by atoms with van der Waals surface area (Å²) in [5, 5.41) is 2.57. The van der Waals surface area contributed by atoms with Gasteiger partial charge in [0.2, 0.25) is 5.91 Å². The van der Waals surface area contributed by atoms with Gasteiger partial charge in [-0.3, -0.25) is 4.79 Å². The first-order chi connectivity index (χ1) is 13.1. The van der Waals surface area contributed by atoms with Gasteiger partial charge in [0.15, 0.2) is 0 Å². The van der Waals surface area contributed by atoms with Crippen LogP contribution in [0.15, 0.2) is 60.7 Å². The lowest BCUT2D eigenvalue weighted by molar-refractivity contribution is -0.135. The normalized spacial score (nSPS) is 17.4. The van der Waals surface area contributed by atoms with Crippen molar-refractivity contribution in [3.8, 4) is 0 Å². The number of piperazine rings is 1. The van der Waals surface area contributed by atoms with E-state index in [2.05, 4.69) is 17.3 Å². The molecular formula is C21H25N3O3. The van der Waals surface area contributed by atoms with Crippen LogP contribution in [0.1, 0.15) is 17.2 Å². The molecule has 1 N–H and O–H groups in total. The molecule has 2 aromatic rings. The highest BCUT2D eigenvalue weighted by Gasteiger charge is 2.30. The highest BCUT2D eigenvalue weighted by molar-refractivity contribution is 5.82. The van der Waals surface area contributed by atoms with Gasteiger partial charge in [-0.15, -0.1) is 0 Å². The molecule has 0 saturated carbocycles. The number of carbonyl (C=O) groups excluding carboxylic acids is 2. The molecule has 3 rings (SSSR count). The summed E-state index contributed by atoms with van der Waals surface area (Å²) < 4.78 is 5.17. The minimum absolute atomic E-state index is 0.0143. The SMILES string of the molecule is CN1CCN(C(=O)CNC(=O)OCc2ccccc2)C(c2ccccc2)C1. The third kappa shape index (κ3) is 5.31. The van der Waals surface area contributed by atoms with Crippen molar-refractivity contribution in [1.82, 2.24) is 15.1 Å². The summed E-state index contributed by atoms with van der Waals surface area (Å²) in [6.45, 7) is 2.33. The quantitative estimate of drug-likeness (QED) is 0.882. The standard InChI is InChI=1S/C21H25N3O3/c1-23-12-13-24(19(15-23)18-10-6-3-7-11-18)20(25)14-22-21(26)27-16-17-8-4-2-5-9-17/h2-11,19H,12-16H2,1H3,(H,22,26). The van der Waals surface area contributed by atoms with Crippen LogP contribution < -0.4 is 5.32 Å². The highest BCUT2D eigenvalue weighted by atomic mass is 16.5. The van der Waals surface area contributed by atoms with E-state index in [1.54, 1.807) is 0 Å². The third-order valence-electron chi connectivity index (χ3n) is 4.68.